The minimum absolute atomic E-state index is 0.163. The zero-order valence-electron chi connectivity index (χ0n) is 10.6. The summed E-state index contributed by atoms with van der Waals surface area (Å²) in [5.74, 6) is 0. The highest BCUT2D eigenvalue weighted by Gasteiger charge is 2.16. The maximum Gasteiger partial charge on any atom is 0.269 e. The molecule has 5 heteroatoms. The van der Waals surface area contributed by atoms with Crippen molar-refractivity contribution >= 4 is 5.69 Å². The fraction of sp³-hybridized carbons (Fsp3) is 0.500. The summed E-state index contributed by atoms with van der Waals surface area (Å²) in [5, 5.41) is 13.8. The van der Waals surface area contributed by atoms with Gasteiger partial charge in [-0.05, 0) is 7.05 Å². The minimum Gasteiger partial charge on any atom is -0.324 e. The number of rotatable bonds is 6. The van der Waals surface area contributed by atoms with E-state index in [-0.39, 0.29) is 10.6 Å². The van der Waals surface area contributed by atoms with Gasteiger partial charge in [-0.3, -0.25) is 10.1 Å². The van der Waals surface area contributed by atoms with Gasteiger partial charge in [0.15, 0.2) is 0 Å². The third-order valence-electron chi connectivity index (χ3n) is 2.70. The summed E-state index contributed by atoms with van der Waals surface area (Å²) < 4.78 is 0.808. The Bertz CT molecular complexity index is 391. The van der Waals surface area contributed by atoms with Crippen LogP contribution in [-0.4, -0.2) is 43.6 Å². The minimum atomic E-state index is -0.350. The molecule has 0 amide bonds. The van der Waals surface area contributed by atoms with Gasteiger partial charge in [-0.2, -0.15) is 0 Å². The molecule has 0 heterocycles. The molecular weight excluding hydrogens is 218 g/mol. The van der Waals surface area contributed by atoms with Gasteiger partial charge in [0, 0.05) is 24.2 Å². The van der Waals surface area contributed by atoms with Crippen LogP contribution in [0.4, 0.5) is 5.69 Å². The lowest BCUT2D eigenvalue weighted by molar-refractivity contribution is -0.902. The third-order valence-corrected chi connectivity index (χ3v) is 2.70. The van der Waals surface area contributed by atoms with E-state index in [0.29, 0.717) is 0 Å². The molecule has 0 saturated heterocycles. The van der Waals surface area contributed by atoms with E-state index in [2.05, 4.69) is 19.4 Å². The number of nitro benzene ring substituents is 1. The van der Waals surface area contributed by atoms with Gasteiger partial charge in [0.05, 0.1) is 25.6 Å². The highest BCUT2D eigenvalue weighted by atomic mass is 16.6. The van der Waals surface area contributed by atoms with E-state index in [1.165, 1.54) is 6.07 Å². The summed E-state index contributed by atoms with van der Waals surface area (Å²) in [4.78, 5) is 10.3. The monoisotopic (exact) mass is 238 g/mol. The summed E-state index contributed by atoms with van der Waals surface area (Å²) in [5.41, 5.74) is 1.16. The molecule has 0 radical (unpaired) electrons. The van der Waals surface area contributed by atoms with E-state index >= 15 is 0 Å². The highest BCUT2D eigenvalue weighted by Crippen LogP contribution is 2.16. The van der Waals surface area contributed by atoms with E-state index < -0.39 is 0 Å². The molecule has 0 aliphatic heterocycles. The highest BCUT2D eigenvalue weighted by molar-refractivity contribution is 5.33. The molecule has 1 N–H and O–H groups in total. The zero-order valence-corrected chi connectivity index (χ0v) is 10.6. The van der Waals surface area contributed by atoms with Gasteiger partial charge in [0.1, 0.15) is 6.54 Å². The number of benzene rings is 1. The zero-order chi connectivity index (χ0) is 12.9. The van der Waals surface area contributed by atoms with Crippen molar-refractivity contribution in [1.82, 2.24) is 5.32 Å². The second kappa shape index (κ2) is 5.75. The lowest BCUT2D eigenvalue weighted by atomic mass is 10.2. The van der Waals surface area contributed by atoms with Crippen molar-refractivity contribution in [2.24, 2.45) is 0 Å². The van der Waals surface area contributed by atoms with Crippen LogP contribution in [0.2, 0.25) is 0 Å². The third kappa shape index (κ3) is 4.50. The SMILES string of the molecule is CNCC[N+](C)(C)Cc1cccc([N+](=O)[O-])c1. The molecule has 17 heavy (non-hydrogen) atoms. The van der Waals surface area contributed by atoms with E-state index in [1.807, 2.05) is 13.1 Å². The smallest absolute Gasteiger partial charge is 0.269 e. The molecule has 0 atom stereocenters. The number of hydrogen-bond acceptors (Lipinski definition) is 3. The predicted molar refractivity (Wildman–Crippen MR) is 67.7 cm³/mol. The van der Waals surface area contributed by atoms with Gasteiger partial charge < -0.3 is 9.80 Å². The number of nitro groups is 1. The maximum absolute atomic E-state index is 10.7. The number of non-ortho nitro benzene ring substituents is 1. The Balaban J connectivity index is 2.73. The van der Waals surface area contributed by atoms with Crippen molar-refractivity contribution in [2.45, 2.75) is 6.54 Å². The Labute approximate surface area is 102 Å². The topological polar surface area (TPSA) is 55.2 Å². The Kier molecular flexibility index (Phi) is 4.60. The number of quaternary nitrogens is 1. The number of nitrogens with one attached hydrogen (secondary N) is 1. The lowest BCUT2D eigenvalue weighted by Gasteiger charge is -2.29. The molecule has 0 spiro atoms. The van der Waals surface area contributed by atoms with Crippen LogP contribution < -0.4 is 5.32 Å². The van der Waals surface area contributed by atoms with Gasteiger partial charge in [0.2, 0.25) is 0 Å². The number of hydrogen-bond donors (Lipinski definition) is 1. The first-order valence-electron chi connectivity index (χ1n) is 5.64. The number of nitrogens with zero attached hydrogens (tertiary/aromatic N) is 2. The van der Waals surface area contributed by atoms with Crippen LogP contribution in [0.3, 0.4) is 0 Å². The van der Waals surface area contributed by atoms with Gasteiger partial charge in [-0.15, -0.1) is 0 Å². The lowest BCUT2D eigenvalue weighted by Crippen LogP contribution is -2.43. The van der Waals surface area contributed by atoms with Crippen LogP contribution in [0.5, 0.6) is 0 Å². The first-order valence-corrected chi connectivity index (χ1v) is 5.64. The van der Waals surface area contributed by atoms with E-state index in [9.17, 15) is 10.1 Å². The Morgan fingerprint density at radius 1 is 1.41 bits per heavy atom. The summed E-state index contributed by atoms with van der Waals surface area (Å²) in [6, 6.07) is 6.86. The summed E-state index contributed by atoms with van der Waals surface area (Å²) >= 11 is 0. The molecule has 1 aromatic rings. The Hall–Kier alpha value is -1.46. The molecule has 1 rings (SSSR count). The quantitative estimate of drug-likeness (QED) is 0.463. The first kappa shape index (κ1) is 13.6. The molecule has 1 aromatic carbocycles. The van der Waals surface area contributed by atoms with Crippen molar-refractivity contribution in [3.8, 4) is 0 Å². The predicted octanol–water partition coefficient (Wildman–Crippen LogP) is 1.39. The normalized spacial score (nSPS) is 11.5. The van der Waals surface area contributed by atoms with E-state index in [0.717, 1.165) is 29.7 Å². The average molecular weight is 238 g/mol. The molecular formula is C12H20N3O2+. The molecule has 0 aromatic heterocycles. The van der Waals surface area contributed by atoms with Crippen LogP contribution in [0, 0.1) is 10.1 Å². The summed E-state index contributed by atoms with van der Waals surface area (Å²) in [7, 11) is 6.17. The second-order valence-corrected chi connectivity index (χ2v) is 4.85. The van der Waals surface area contributed by atoms with Crippen molar-refractivity contribution < 1.29 is 9.41 Å². The summed E-state index contributed by atoms with van der Waals surface area (Å²) in [6.07, 6.45) is 0. The molecule has 0 aliphatic carbocycles. The standard InChI is InChI=1S/C12H20N3O2/c1-13-7-8-15(2,3)10-11-5-4-6-12(9-11)14(16)17/h4-6,9,13H,7-8,10H2,1-3H3/q+1. The van der Waals surface area contributed by atoms with E-state index in [4.69, 9.17) is 0 Å². The van der Waals surface area contributed by atoms with Crippen LogP contribution in [0.1, 0.15) is 5.56 Å². The molecule has 0 saturated carbocycles. The first-order chi connectivity index (χ1) is 7.94. The molecule has 5 nitrogen and oxygen atoms in total. The summed E-state index contributed by atoms with van der Waals surface area (Å²) in [6.45, 7) is 2.71. The fourth-order valence-corrected chi connectivity index (χ4v) is 1.76. The van der Waals surface area contributed by atoms with Gasteiger partial charge >= 0.3 is 0 Å². The van der Waals surface area contributed by atoms with Gasteiger partial charge in [-0.25, -0.2) is 0 Å². The Morgan fingerprint density at radius 2 is 2.12 bits per heavy atom. The van der Waals surface area contributed by atoms with Crippen LogP contribution in [0.25, 0.3) is 0 Å². The number of likely N-dealkylation sites (N-methyl/N-ethyl adjacent to an activating group) is 2. The fourth-order valence-electron chi connectivity index (χ4n) is 1.76. The van der Waals surface area contributed by atoms with Gasteiger partial charge in [-0.1, -0.05) is 12.1 Å². The molecule has 0 unspecified atom stereocenters. The van der Waals surface area contributed by atoms with Crippen molar-refractivity contribution in [3.05, 3.63) is 39.9 Å². The molecule has 0 fully saturated rings. The second-order valence-electron chi connectivity index (χ2n) is 4.85. The van der Waals surface area contributed by atoms with Crippen molar-refractivity contribution in [2.75, 3.05) is 34.2 Å². The van der Waals surface area contributed by atoms with Crippen molar-refractivity contribution in [1.29, 1.82) is 0 Å². The molecule has 0 aliphatic rings. The molecule has 0 bridgehead atoms. The van der Waals surface area contributed by atoms with Gasteiger partial charge in [0.25, 0.3) is 5.69 Å². The largest absolute Gasteiger partial charge is 0.324 e. The van der Waals surface area contributed by atoms with E-state index in [1.54, 1.807) is 12.1 Å². The van der Waals surface area contributed by atoms with Crippen LogP contribution in [0.15, 0.2) is 24.3 Å². The van der Waals surface area contributed by atoms with Crippen LogP contribution >= 0.6 is 0 Å². The average Bonchev–Trinajstić information content (AvgIpc) is 2.26. The Morgan fingerprint density at radius 3 is 2.71 bits per heavy atom. The van der Waals surface area contributed by atoms with Crippen molar-refractivity contribution in [3.63, 3.8) is 0 Å². The van der Waals surface area contributed by atoms with Crippen LogP contribution in [-0.2, 0) is 6.54 Å². The molecule has 94 valence electrons. The maximum atomic E-state index is 10.7.